The van der Waals surface area contributed by atoms with E-state index in [1.165, 1.54) is 10.9 Å². The fourth-order valence-electron chi connectivity index (χ4n) is 4.50. The molecule has 2 saturated heterocycles. The fourth-order valence-corrected chi connectivity index (χ4v) is 5.55. The van der Waals surface area contributed by atoms with Gasteiger partial charge in [-0.05, 0) is 42.7 Å². The van der Waals surface area contributed by atoms with Gasteiger partial charge in [0.25, 0.3) is 0 Å². The maximum atomic E-state index is 13.5. The number of amides is 2. The van der Waals surface area contributed by atoms with Gasteiger partial charge in [-0.2, -0.15) is 0 Å². The van der Waals surface area contributed by atoms with Gasteiger partial charge >= 0.3 is 0 Å². The average molecular weight is 428 g/mol. The lowest BCUT2D eigenvalue weighted by molar-refractivity contribution is -0.137. The lowest BCUT2D eigenvalue weighted by atomic mass is 10.1. The minimum atomic E-state index is -0.215. The van der Waals surface area contributed by atoms with Crippen molar-refractivity contribution in [1.29, 1.82) is 0 Å². The molecule has 2 amide bonds. The first-order chi connectivity index (χ1) is 14.6. The summed E-state index contributed by atoms with van der Waals surface area (Å²) in [6, 6.07) is 11.3. The molecular weight excluding hydrogens is 401 g/mol. The Balaban J connectivity index is 1.13. The molecule has 1 aromatic heterocycles. The van der Waals surface area contributed by atoms with Gasteiger partial charge in [0.1, 0.15) is 5.82 Å². The van der Waals surface area contributed by atoms with E-state index in [0.29, 0.717) is 19.0 Å². The normalized spacial score (nSPS) is 22.7. The van der Waals surface area contributed by atoms with Gasteiger partial charge in [-0.15, -0.1) is 11.3 Å². The molecule has 1 saturated carbocycles. The molecule has 5 rings (SSSR count). The number of hydrogen-bond acceptors (Lipinski definition) is 4. The van der Waals surface area contributed by atoms with Crippen LogP contribution in [0.4, 0.5) is 4.39 Å². The number of carbonyl (C=O) groups is 2. The number of likely N-dealkylation sites (tertiary alicyclic amines) is 1. The zero-order valence-electron chi connectivity index (χ0n) is 16.9. The van der Waals surface area contributed by atoms with Crippen molar-refractivity contribution < 1.29 is 14.0 Å². The number of thiophene rings is 1. The summed E-state index contributed by atoms with van der Waals surface area (Å²) < 4.78 is 13.5. The molecule has 30 heavy (non-hydrogen) atoms. The van der Waals surface area contributed by atoms with Crippen LogP contribution in [0, 0.1) is 11.7 Å². The molecule has 2 aliphatic heterocycles. The van der Waals surface area contributed by atoms with Gasteiger partial charge in [-0.3, -0.25) is 14.5 Å². The Hall–Kier alpha value is -2.25. The zero-order valence-corrected chi connectivity index (χ0v) is 17.7. The number of nitrogens with zero attached hydrogens (tertiary/aromatic N) is 3. The topological polar surface area (TPSA) is 43.9 Å². The molecule has 3 heterocycles. The first-order valence-electron chi connectivity index (χ1n) is 10.7. The Labute approximate surface area is 180 Å². The molecule has 1 aliphatic carbocycles. The Morgan fingerprint density at radius 2 is 1.90 bits per heavy atom. The highest BCUT2D eigenvalue weighted by Crippen LogP contribution is 2.33. The van der Waals surface area contributed by atoms with Crippen LogP contribution in [0.15, 0.2) is 36.4 Å². The van der Waals surface area contributed by atoms with Crippen LogP contribution in [-0.2, 0) is 16.1 Å². The third kappa shape index (κ3) is 4.14. The van der Waals surface area contributed by atoms with Gasteiger partial charge in [-0.1, -0.05) is 12.1 Å². The van der Waals surface area contributed by atoms with E-state index in [9.17, 15) is 14.0 Å². The summed E-state index contributed by atoms with van der Waals surface area (Å²) in [5.74, 6) is -0.0693. The first-order valence-corrected chi connectivity index (χ1v) is 11.5. The number of rotatable bonds is 5. The molecule has 0 N–H and O–H groups in total. The molecular formula is C23H26FN3O2S. The van der Waals surface area contributed by atoms with Crippen LogP contribution in [0.2, 0.25) is 0 Å². The predicted octanol–water partition coefficient (Wildman–Crippen LogP) is 3.21. The Kier molecular flexibility index (Phi) is 5.33. The quantitative estimate of drug-likeness (QED) is 0.736. The van der Waals surface area contributed by atoms with Gasteiger partial charge < -0.3 is 9.80 Å². The second-order valence-electron chi connectivity index (χ2n) is 8.56. The molecule has 3 aliphatic rings. The largest absolute Gasteiger partial charge is 0.340 e. The van der Waals surface area contributed by atoms with Crippen molar-refractivity contribution in [2.75, 3.05) is 32.7 Å². The monoisotopic (exact) mass is 427 g/mol. The van der Waals surface area contributed by atoms with Crippen molar-refractivity contribution in [1.82, 2.24) is 14.7 Å². The number of halogens is 1. The second-order valence-corrected chi connectivity index (χ2v) is 9.72. The summed E-state index contributed by atoms with van der Waals surface area (Å²) in [5, 5.41) is 0. The van der Waals surface area contributed by atoms with Crippen molar-refractivity contribution in [2.24, 2.45) is 5.92 Å². The molecule has 2 aromatic rings. The standard InChI is InChI=1S/C23H26FN3O2S/c24-18-3-1-2-16(12-18)21-7-6-20(30-21)15-25-8-10-26(11-9-25)23(29)17-13-22(28)27(14-17)19-4-5-19/h1-3,6-7,12,17,19H,4-5,8-11,13-15H2/t17-/m0/s1. The molecule has 1 atom stereocenters. The van der Waals surface area contributed by atoms with Crippen molar-refractivity contribution >= 4 is 23.2 Å². The van der Waals surface area contributed by atoms with E-state index in [1.807, 2.05) is 15.9 Å². The zero-order chi connectivity index (χ0) is 20.7. The Morgan fingerprint density at radius 3 is 2.63 bits per heavy atom. The van der Waals surface area contributed by atoms with Gasteiger partial charge in [0.2, 0.25) is 11.8 Å². The van der Waals surface area contributed by atoms with E-state index < -0.39 is 0 Å². The maximum absolute atomic E-state index is 13.5. The molecule has 0 bridgehead atoms. The first kappa shape index (κ1) is 19.7. The molecule has 158 valence electrons. The lowest BCUT2D eigenvalue weighted by Gasteiger charge is -2.35. The van der Waals surface area contributed by atoms with Crippen LogP contribution in [0.25, 0.3) is 10.4 Å². The Bertz CT molecular complexity index is 949. The Morgan fingerprint density at radius 1 is 1.10 bits per heavy atom. The van der Waals surface area contributed by atoms with Crippen LogP contribution < -0.4 is 0 Å². The van der Waals surface area contributed by atoms with E-state index in [-0.39, 0.29) is 23.5 Å². The molecule has 0 unspecified atom stereocenters. The summed E-state index contributed by atoms with van der Waals surface area (Å²) in [6.45, 7) is 4.57. The van der Waals surface area contributed by atoms with Crippen molar-refractivity contribution in [3.05, 3.63) is 47.1 Å². The van der Waals surface area contributed by atoms with Crippen LogP contribution in [0.1, 0.15) is 24.1 Å². The molecule has 3 fully saturated rings. The van der Waals surface area contributed by atoms with Crippen LogP contribution >= 0.6 is 11.3 Å². The molecule has 0 radical (unpaired) electrons. The predicted molar refractivity (Wildman–Crippen MR) is 114 cm³/mol. The maximum Gasteiger partial charge on any atom is 0.228 e. The summed E-state index contributed by atoms with van der Waals surface area (Å²) in [7, 11) is 0. The van der Waals surface area contributed by atoms with E-state index in [0.717, 1.165) is 56.0 Å². The van der Waals surface area contributed by atoms with Crippen molar-refractivity contribution in [2.45, 2.75) is 31.8 Å². The smallest absolute Gasteiger partial charge is 0.228 e. The van der Waals surface area contributed by atoms with Crippen molar-refractivity contribution in [3.63, 3.8) is 0 Å². The molecule has 1 aromatic carbocycles. The molecule has 7 heteroatoms. The number of carbonyl (C=O) groups excluding carboxylic acids is 2. The highest BCUT2D eigenvalue weighted by molar-refractivity contribution is 7.15. The SMILES string of the molecule is O=C([C@H]1CC(=O)N(C2CC2)C1)N1CCN(Cc2ccc(-c3cccc(F)c3)s2)CC1. The number of benzene rings is 1. The van der Waals surface area contributed by atoms with Crippen LogP contribution in [0.5, 0.6) is 0 Å². The average Bonchev–Trinajstić information content (AvgIpc) is 3.36. The van der Waals surface area contributed by atoms with Gasteiger partial charge in [0.15, 0.2) is 0 Å². The summed E-state index contributed by atoms with van der Waals surface area (Å²) >= 11 is 1.69. The number of piperazine rings is 1. The molecule has 0 spiro atoms. The van der Waals surface area contributed by atoms with E-state index in [4.69, 9.17) is 0 Å². The molecule has 5 nitrogen and oxygen atoms in total. The highest BCUT2D eigenvalue weighted by Gasteiger charge is 2.43. The summed E-state index contributed by atoms with van der Waals surface area (Å²) in [4.78, 5) is 33.6. The number of hydrogen-bond donors (Lipinski definition) is 0. The second kappa shape index (κ2) is 8.12. The summed E-state index contributed by atoms with van der Waals surface area (Å²) in [6.07, 6.45) is 2.57. The lowest BCUT2D eigenvalue weighted by Crippen LogP contribution is -2.50. The van der Waals surface area contributed by atoms with Crippen LogP contribution in [0.3, 0.4) is 0 Å². The van der Waals surface area contributed by atoms with Crippen molar-refractivity contribution in [3.8, 4) is 10.4 Å². The minimum Gasteiger partial charge on any atom is -0.340 e. The third-order valence-electron chi connectivity index (χ3n) is 6.33. The van der Waals surface area contributed by atoms with Gasteiger partial charge in [0.05, 0.1) is 5.92 Å². The van der Waals surface area contributed by atoms with E-state index in [1.54, 1.807) is 23.5 Å². The highest BCUT2D eigenvalue weighted by atomic mass is 32.1. The minimum absolute atomic E-state index is 0.149. The fraction of sp³-hybridized carbons (Fsp3) is 0.478. The van der Waals surface area contributed by atoms with Crippen LogP contribution in [-0.4, -0.2) is 65.3 Å². The van der Waals surface area contributed by atoms with E-state index >= 15 is 0 Å². The summed E-state index contributed by atoms with van der Waals surface area (Å²) in [5.41, 5.74) is 0.910. The van der Waals surface area contributed by atoms with Gasteiger partial charge in [0, 0.05) is 61.5 Å². The van der Waals surface area contributed by atoms with Gasteiger partial charge in [-0.25, -0.2) is 4.39 Å². The third-order valence-corrected chi connectivity index (χ3v) is 7.45. The van der Waals surface area contributed by atoms with E-state index in [2.05, 4.69) is 17.0 Å².